The molecule has 0 spiro atoms. The van der Waals surface area contributed by atoms with E-state index in [4.69, 9.17) is 11.5 Å². The van der Waals surface area contributed by atoms with E-state index in [-0.39, 0.29) is 17.4 Å². The summed E-state index contributed by atoms with van der Waals surface area (Å²) >= 11 is 0. The van der Waals surface area contributed by atoms with E-state index in [1.165, 1.54) is 6.07 Å². The lowest BCUT2D eigenvalue weighted by atomic mass is 9.95. The minimum Gasteiger partial charge on any atom is -0.505 e. The first kappa shape index (κ1) is 10.8. The molecule has 1 aromatic rings. The first-order valence-corrected chi connectivity index (χ1v) is 4.47. The van der Waals surface area contributed by atoms with Gasteiger partial charge in [0, 0.05) is 17.7 Å². The quantitative estimate of drug-likeness (QED) is 0.501. The van der Waals surface area contributed by atoms with Crippen molar-refractivity contribution in [3.8, 4) is 5.75 Å². The normalized spacial score (nSPS) is 13.2. The fourth-order valence-corrected chi connectivity index (χ4v) is 1.26. The van der Waals surface area contributed by atoms with Gasteiger partial charge in [0.2, 0.25) is 0 Å². The summed E-state index contributed by atoms with van der Waals surface area (Å²) < 4.78 is 13.0. The van der Waals surface area contributed by atoms with Crippen molar-refractivity contribution in [3.63, 3.8) is 0 Å². The third-order valence-electron chi connectivity index (χ3n) is 2.21. The minimum atomic E-state index is -0.480. The average Bonchev–Trinajstić information content (AvgIpc) is 2.09. The zero-order valence-electron chi connectivity index (χ0n) is 8.29. The number of nitrogen functional groups attached to an aromatic ring is 1. The molecule has 78 valence electrons. The molecule has 5 N–H and O–H groups in total. The number of aromatic hydroxyl groups is 1. The van der Waals surface area contributed by atoms with Gasteiger partial charge in [-0.2, -0.15) is 0 Å². The Morgan fingerprint density at radius 1 is 1.36 bits per heavy atom. The minimum absolute atomic E-state index is 0.0242. The van der Waals surface area contributed by atoms with Gasteiger partial charge in [-0.25, -0.2) is 4.39 Å². The average molecular weight is 198 g/mol. The number of phenols is 1. The molecule has 1 atom stereocenters. The molecular weight excluding hydrogens is 183 g/mol. The predicted octanol–water partition coefficient (Wildman–Crippen LogP) is 1.77. The Balaban J connectivity index is 3.20. The smallest absolute Gasteiger partial charge is 0.143 e. The number of anilines is 1. The van der Waals surface area contributed by atoms with E-state index in [1.807, 2.05) is 13.8 Å². The highest BCUT2D eigenvalue weighted by Crippen LogP contribution is 2.32. The number of rotatable bonds is 2. The van der Waals surface area contributed by atoms with E-state index in [9.17, 15) is 9.50 Å². The summed E-state index contributed by atoms with van der Waals surface area (Å²) in [5, 5.41) is 9.57. The van der Waals surface area contributed by atoms with E-state index in [1.54, 1.807) is 0 Å². The maximum absolute atomic E-state index is 13.0. The summed E-state index contributed by atoms with van der Waals surface area (Å²) in [4.78, 5) is 0. The fourth-order valence-electron chi connectivity index (χ4n) is 1.26. The first-order chi connectivity index (χ1) is 6.43. The van der Waals surface area contributed by atoms with Crippen LogP contribution in [0.4, 0.5) is 10.1 Å². The number of halogens is 1. The standard InChI is InChI=1S/C10H15FN2O/c1-5(2)9(13)7-3-6(11)4-8(12)10(7)14/h3-5,9,14H,12-13H2,1-2H3/t9-/m1/s1. The van der Waals surface area contributed by atoms with E-state index >= 15 is 0 Å². The summed E-state index contributed by atoms with van der Waals surface area (Å²) in [7, 11) is 0. The van der Waals surface area contributed by atoms with Gasteiger partial charge in [-0.15, -0.1) is 0 Å². The van der Waals surface area contributed by atoms with Crippen LogP contribution in [0.3, 0.4) is 0 Å². The van der Waals surface area contributed by atoms with Crippen molar-refractivity contribution in [2.45, 2.75) is 19.9 Å². The van der Waals surface area contributed by atoms with E-state index in [0.29, 0.717) is 5.56 Å². The van der Waals surface area contributed by atoms with Gasteiger partial charge in [-0.05, 0) is 12.0 Å². The van der Waals surface area contributed by atoms with Crippen molar-refractivity contribution >= 4 is 5.69 Å². The third kappa shape index (κ3) is 1.96. The van der Waals surface area contributed by atoms with Crippen LogP contribution in [0, 0.1) is 11.7 Å². The molecule has 3 nitrogen and oxygen atoms in total. The summed E-state index contributed by atoms with van der Waals surface area (Å²) in [5.74, 6) is -0.485. The second-order valence-electron chi connectivity index (χ2n) is 3.70. The summed E-state index contributed by atoms with van der Waals surface area (Å²) in [5.41, 5.74) is 11.6. The highest BCUT2D eigenvalue weighted by molar-refractivity contribution is 5.57. The number of phenolic OH excluding ortho intramolecular Hbond substituents is 1. The molecule has 0 bridgehead atoms. The molecule has 1 aromatic carbocycles. The predicted molar refractivity (Wildman–Crippen MR) is 54.2 cm³/mol. The number of hydrogen-bond donors (Lipinski definition) is 3. The largest absolute Gasteiger partial charge is 0.505 e. The zero-order chi connectivity index (χ0) is 10.9. The molecule has 0 aliphatic heterocycles. The molecule has 14 heavy (non-hydrogen) atoms. The summed E-state index contributed by atoms with van der Waals surface area (Å²) in [6.07, 6.45) is 0. The number of hydrogen-bond acceptors (Lipinski definition) is 3. The van der Waals surface area contributed by atoms with Gasteiger partial charge in [0.25, 0.3) is 0 Å². The lowest BCUT2D eigenvalue weighted by Gasteiger charge is -2.18. The van der Waals surface area contributed by atoms with Crippen LogP contribution in [0.15, 0.2) is 12.1 Å². The lowest BCUT2D eigenvalue weighted by Crippen LogP contribution is -2.17. The maximum atomic E-state index is 13.0. The Kier molecular flexibility index (Phi) is 2.96. The topological polar surface area (TPSA) is 72.3 Å². The van der Waals surface area contributed by atoms with E-state index < -0.39 is 11.9 Å². The van der Waals surface area contributed by atoms with Crippen LogP contribution in [-0.4, -0.2) is 5.11 Å². The molecule has 0 aliphatic carbocycles. The second-order valence-corrected chi connectivity index (χ2v) is 3.70. The van der Waals surface area contributed by atoms with Crippen molar-refractivity contribution < 1.29 is 9.50 Å². The third-order valence-corrected chi connectivity index (χ3v) is 2.21. The Labute approximate surface area is 82.5 Å². The van der Waals surface area contributed by atoms with Crippen molar-refractivity contribution in [2.24, 2.45) is 11.7 Å². The molecular formula is C10H15FN2O. The van der Waals surface area contributed by atoms with Gasteiger partial charge >= 0.3 is 0 Å². The molecule has 0 saturated heterocycles. The van der Waals surface area contributed by atoms with Crippen molar-refractivity contribution in [2.75, 3.05) is 5.73 Å². The van der Waals surface area contributed by atoms with Crippen LogP contribution in [0.2, 0.25) is 0 Å². The number of benzene rings is 1. The molecule has 0 fully saturated rings. The molecule has 0 amide bonds. The van der Waals surface area contributed by atoms with E-state index in [2.05, 4.69) is 0 Å². The SMILES string of the molecule is CC(C)[C@@H](N)c1cc(F)cc(N)c1O. The Hall–Kier alpha value is -1.29. The molecule has 0 heterocycles. The molecule has 0 aromatic heterocycles. The van der Waals surface area contributed by atoms with Crippen LogP contribution >= 0.6 is 0 Å². The van der Waals surface area contributed by atoms with Crippen molar-refractivity contribution in [3.05, 3.63) is 23.5 Å². The van der Waals surface area contributed by atoms with Gasteiger partial charge in [0.1, 0.15) is 11.6 Å². The zero-order valence-corrected chi connectivity index (χ0v) is 8.29. The molecule has 0 saturated carbocycles. The monoisotopic (exact) mass is 198 g/mol. The van der Waals surface area contributed by atoms with Crippen LogP contribution in [0.1, 0.15) is 25.5 Å². The van der Waals surface area contributed by atoms with Gasteiger partial charge in [-0.3, -0.25) is 0 Å². The van der Waals surface area contributed by atoms with Gasteiger partial charge < -0.3 is 16.6 Å². The summed E-state index contributed by atoms with van der Waals surface area (Å²) in [6.45, 7) is 3.79. The highest BCUT2D eigenvalue weighted by atomic mass is 19.1. The highest BCUT2D eigenvalue weighted by Gasteiger charge is 2.17. The van der Waals surface area contributed by atoms with Crippen LogP contribution in [-0.2, 0) is 0 Å². The summed E-state index contributed by atoms with van der Waals surface area (Å²) in [6, 6.07) is 1.88. The fraction of sp³-hybridized carbons (Fsp3) is 0.400. The molecule has 0 aliphatic rings. The Bertz CT molecular complexity index is 339. The van der Waals surface area contributed by atoms with Crippen LogP contribution in [0.5, 0.6) is 5.75 Å². The van der Waals surface area contributed by atoms with E-state index in [0.717, 1.165) is 6.07 Å². The second kappa shape index (κ2) is 3.84. The van der Waals surface area contributed by atoms with Crippen LogP contribution < -0.4 is 11.5 Å². The maximum Gasteiger partial charge on any atom is 0.143 e. The van der Waals surface area contributed by atoms with Crippen molar-refractivity contribution in [1.29, 1.82) is 0 Å². The molecule has 4 heteroatoms. The van der Waals surface area contributed by atoms with Crippen LogP contribution in [0.25, 0.3) is 0 Å². The van der Waals surface area contributed by atoms with Gasteiger partial charge in [0.05, 0.1) is 5.69 Å². The molecule has 1 rings (SSSR count). The molecule has 0 radical (unpaired) electrons. The Morgan fingerprint density at radius 3 is 2.43 bits per heavy atom. The first-order valence-electron chi connectivity index (χ1n) is 4.47. The Morgan fingerprint density at radius 2 is 1.93 bits per heavy atom. The number of nitrogens with two attached hydrogens (primary N) is 2. The van der Waals surface area contributed by atoms with Crippen molar-refractivity contribution in [1.82, 2.24) is 0 Å². The lowest BCUT2D eigenvalue weighted by molar-refractivity contribution is 0.439. The van der Waals surface area contributed by atoms with Gasteiger partial charge in [0.15, 0.2) is 0 Å². The molecule has 0 unspecified atom stereocenters. The van der Waals surface area contributed by atoms with Gasteiger partial charge in [-0.1, -0.05) is 13.8 Å².